The Morgan fingerprint density at radius 2 is 1.95 bits per heavy atom. The number of hydrogen-bond donors (Lipinski definition) is 1. The molecule has 5 nitrogen and oxygen atoms in total. The van der Waals surface area contributed by atoms with Crippen LogP contribution in [0.25, 0.3) is 0 Å². The van der Waals surface area contributed by atoms with E-state index in [1.807, 2.05) is 24.3 Å². The van der Waals surface area contributed by atoms with Crippen molar-refractivity contribution < 1.29 is 9.72 Å². The molecule has 0 bridgehead atoms. The molecule has 0 aliphatic rings. The van der Waals surface area contributed by atoms with Crippen molar-refractivity contribution in [3.63, 3.8) is 0 Å². The highest BCUT2D eigenvalue weighted by molar-refractivity contribution is 7.17. The molecule has 1 amide bonds. The second kappa shape index (κ2) is 6.29. The van der Waals surface area contributed by atoms with Gasteiger partial charge < -0.3 is 5.32 Å². The highest BCUT2D eigenvalue weighted by Gasteiger charge is 2.15. The molecule has 1 heterocycles. The van der Waals surface area contributed by atoms with Crippen molar-refractivity contribution in [2.75, 3.05) is 5.32 Å². The lowest BCUT2D eigenvalue weighted by atomic mass is 10.1. The van der Waals surface area contributed by atoms with Crippen LogP contribution in [0.3, 0.4) is 0 Å². The molecule has 1 aromatic heterocycles. The number of hydrogen-bond acceptors (Lipinski definition) is 4. The van der Waals surface area contributed by atoms with Crippen molar-refractivity contribution >= 4 is 27.9 Å². The van der Waals surface area contributed by atoms with E-state index in [0.29, 0.717) is 10.6 Å². The summed E-state index contributed by atoms with van der Waals surface area (Å²) in [6, 6.07) is 10.4. The number of carbonyl (C=O) groups excluding carboxylic acids is 1. The standard InChI is InChI=1S/C14H14N2O3S/c1-2-3-10-4-6-11(7-5-10)15-14(17)12-8-9-13(20-12)16(18)19/h4-9H,2-3H2,1H3,(H,15,17). The van der Waals surface area contributed by atoms with Gasteiger partial charge in [-0.05, 0) is 30.2 Å². The maximum absolute atomic E-state index is 11.9. The molecule has 0 fully saturated rings. The van der Waals surface area contributed by atoms with Gasteiger partial charge in [0, 0.05) is 11.8 Å². The van der Waals surface area contributed by atoms with Gasteiger partial charge in [-0.3, -0.25) is 14.9 Å². The number of nitro groups is 1. The van der Waals surface area contributed by atoms with Crippen molar-refractivity contribution in [2.45, 2.75) is 19.8 Å². The highest BCUT2D eigenvalue weighted by atomic mass is 32.1. The van der Waals surface area contributed by atoms with Crippen LogP contribution in [-0.4, -0.2) is 10.8 Å². The molecule has 1 N–H and O–H groups in total. The third-order valence-electron chi connectivity index (χ3n) is 2.75. The summed E-state index contributed by atoms with van der Waals surface area (Å²) in [5.74, 6) is -0.327. The molecule has 0 radical (unpaired) electrons. The van der Waals surface area contributed by atoms with Crippen LogP contribution in [0.4, 0.5) is 10.7 Å². The summed E-state index contributed by atoms with van der Waals surface area (Å²) in [5.41, 5.74) is 1.91. The second-order valence-electron chi connectivity index (χ2n) is 4.30. The Morgan fingerprint density at radius 1 is 1.25 bits per heavy atom. The van der Waals surface area contributed by atoms with Gasteiger partial charge in [0.05, 0.1) is 9.80 Å². The minimum absolute atomic E-state index is 0.0338. The monoisotopic (exact) mass is 290 g/mol. The summed E-state index contributed by atoms with van der Waals surface area (Å²) in [4.78, 5) is 22.3. The van der Waals surface area contributed by atoms with Crippen molar-refractivity contribution in [3.05, 3.63) is 57.0 Å². The largest absolute Gasteiger partial charge is 0.324 e. The van der Waals surface area contributed by atoms with Gasteiger partial charge in [-0.1, -0.05) is 36.8 Å². The van der Waals surface area contributed by atoms with Crippen molar-refractivity contribution in [1.82, 2.24) is 0 Å². The van der Waals surface area contributed by atoms with Gasteiger partial charge in [0.15, 0.2) is 0 Å². The summed E-state index contributed by atoms with van der Waals surface area (Å²) >= 11 is 0.868. The van der Waals surface area contributed by atoms with Crippen molar-refractivity contribution in [1.29, 1.82) is 0 Å². The number of amides is 1. The van der Waals surface area contributed by atoms with Crippen LogP contribution in [-0.2, 0) is 6.42 Å². The minimum Gasteiger partial charge on any atom is -0.321 e. The Bertz CT molecular complexity index is 620. The van der Waals surface area contributed by atoms with Gasteiger partial charge >= 0.3 is 5.00 Å². The molecule has 0 saturated heterocycles. The van der Waals surface area contributed by atoms with Crippen molar-refractivity contribution in [2.24, 2.45) is 0 Å². The number of rotatable bonds is 5. The van der Waals surface area contributed by atoms with E-state index in [0.717, 1.165) is 24.2 Å². The van der Waals surface area contributed by atoms with E-state index >= 15 is 0 Å². The average Bonchev–Trinajstić information content (AvgIpc) is 2.91. The van der Waals surface area contributed by atoms with Crippen molar-refractivity contribution in [3.8, 4) is 0 Å². The third-order valence-corrected chi connectivity index (χ3v) is 3.78. The summed E-state index contributed by atoms with van der Waals surface area (Å²) in [6.45, 7) is 2.11. The quantitative estimate of drug-likeness (QED) is 0.671. The lowest BCUT2D eigenvalue weighted by Gasteiger charge is -2.04. The smallest absolute Gasteiger partial charge is 0.321 e. The predicted octanol–water partition coefficient (Wildman–Crippen LogP) is 3.86. The summed E-state index contributed by atoms with van der Waals surface area (Å²) in [5, 5.41) is 13.3. The Kier molecular flexibility index (Phi) is 4.47. The lowest BCUT2D eigenvalue weighted by Crippen LogP contribution is -2.09. The molecule has 1 aromatic carbocycles. The molecule has 0 atom stereocenters. The molecule has 6 heteroatoms. The molecular weight excluding hydrogens is 276 g/mol. The molecule has 104 valence electrons. The first-order valence-corrected chi connectivity index (χ1v) is 7.06. The highest BCUT2D eigenvalue weighted by Crippen LogP contribution is 2.24. The zero-order chi connectivity index (χ0) is 14.5. The molecule has 0 aliphatic carbocycles. The maximum atomic E-state index is 11.9. The van der Waals surface area contributed by atoms with E-state index in [1.165, 1.54) is 17.7 Å². The van der Waals surface area contributed by atoms with E-state index in [-0.39, 0.29) is 10.9 Å². The first-order valence-electron chi connectivity index (χ1n) is 6.24. The SMILES string of the molecule is CCCc1ccc(NC(=O)c2ccc([N+](=O)[O-])s2)cc1. The van der Waals surface area contributed by atoms with Gasteiger partial charge in [-0.25, -0.2) is 0 Å². The first-order chi connectivity index (χ1) is 9.60. The van der Waals surface area contributed by atoms with E-state index in [4.69, 9.17) is 0 Å². The number of carbonyl (C=O) groups is 1. The van der Waals surface area contributed by atoms with Crippen LogP contribution < -0.4 is 5.32 Å². The molecule has 0 spiro atoms. The predicted molar refractivity (Wildman–Crippen MR) is 79.4 cm³/mol. The van der Waals surface area contributed by atoms with Gasteiger partial charge in [0.1, 0.15) is 0 Å². The fourth-order valence-electron chi connectivity index (χ4n) is 1.78. The topological polar surface area (TPSA) is 72.2 Å². The van der Waals surface area contributed by atoms with E-state index in [1.54, 1.807) is 0 Å². The number of benzene rings is 1. The molecule has 2 rings (SSSR count). The summed E-state index contributed by atoms with van der Waals surface area (Å²) in [7, 11) is 0. The van der Waals surface area contributed by atoms with Gasteiger partial charge in [0.25, 0.3) is 5.91 Å². The summed E-state index contributed by atoms with van der Waals surface area (Å²) < 4.78 is 0. The van der Waals surface area contributed by atoms with Gasteiger partial charge in [-0.15, -0.1) is 0 Å². The van der Waals surface area contributed by atoms with E-state index in [2.05, 4.69) is 12.2 Å². The van der Waals surface area contributed by atoms with Crippen LogP contribution in [0.15, 0.2) is 36.4 Å². The van der Waals surface area contributed by atoms with Crippen LogP contribution in [0.2, 0.25) is 0 Å². The van der Waals surface area contributed by atoms with E-state index < -0.39 is 4.92 Å². The van der Waals surface area contributed by atoms with Gasteiger partial charge in [-0.2, -0.15) is 0 Å². The van der Waals surface area contributed by atoms with Crippen LogP contribution in [0.1, 0.15) is 28.6 Å². The van der Waals surface area contributed by atoms with Crippen LogP contribution in [0.5, 0.6) is 0 Å². The average molecular weight is 290 g/mol. The fraction of sp³-hybridized carbons (Fsp3) is 0.214. The number of anilines is 1. The Hall–Kier alpha value is -2.21. The number of aryl methyl sites for hydroxylation is 1. The number of nitrogens with one attached hydrogen (secondary N) is 1. The Morgan fingerprint density at radius 3 is 2.50 bits per heavy atom. The van der Waals surface area contributed by atoms with Crippen LogP contribution in [0, 0.1) is 10.1 Å². The number of thiophene rings is 1. The molecular formula is C14H14N2O3S. The van der Waals surface area contributed by atoms with Crippen LogP contribution >= 0.6 is 11.3 Å². The lowest BCUT2D eigenvalue weighted by molar-refractivity contribution is -0.380. The molecule has 0 aliphatic heterocycles. The zero-order valence-electron chi connectivity index (χ0n) is 11.0. The first kappa shape index (κ1) is 14.2. The second-order valence-corrected chi connectivity index (χ2v) is 5.36. The third kappa shape index (κ3) is 3.42. The molecule has 0 unspecified atom stereocenters. The molecule has 2 aromatic rings. The van der Waals surface area contributed by atoms with E-state index in [9.17, 15) is 14.9 Å². The molecule has 20 heavy (non-hydrogen) atoms. The Balaban J connectivity index is 2.04. The number of nitrogens with zero attached hydrogens (tertiary/aromatic N) is 1. The summed E-state index contributed by atoms with van der Waals surface area (Å²) in [6.07, 6.45) is 2.08. The fourth-order valence-corrected chi connectivity index (χ4v) is 2.50. The molecule has 0 saturated carbocycles. The Labute approximate surface area is 120 Å². The van der Waals surface area contributed by atoms with Gasteiger partial charge in [0.2, 0.25) is 0 Å². The maximum Gasteiger partial charge on any atom is 0.324 e. The minimum atomic E-state index is -0.499. The normalized spacial score (nSPS) is 10.2. The zero-order valence-corrected chi connectivity index (χ0v) is 11.8.